The Morgan fingerprint density at radius 3 is 2.46 bits per heavy atom. The van der Waals surface area contributed by atoms with Gasteiger partial charge in [0.05, 0.1) is 17.7 Å². The third-order valence-corrected chi connectivity index (χ3v) is 3.97. The fourth-order valence-electron chi connectivity index (χ4n) is 2.32. The predicted molar refractivity (Wildman–Crippen MR) is 100 cm³/mol. The first-order valence-electron chi connectivity index (χ1n) is 8.07. The topological polar surface area (TPSA) is 30.5 Å². The Balaban J connectivity index is 2.08. The maximum Gasteiger partial charge on any atom is 0.180 e. The third kappa shape index (κ3) is 5.30. The van der Waals surface area contributed by atoms with Crippen molar-refractivity contribution in [2.24, 2.45) is 0 Å². The summed E-state index contributed by atoms with van der Waals surface area (Å²) in [6.07, 6.45) is 0.0332. The van der Waals surface area contributed by atoms with E-state index in [1.54, 1.807) is 0 Å². The van der Waals surface area contributed by atoms with E-state index < -0.39 is 0 Å². The van der Waals surface area contributed by atoms with Crippen molar-refractivity contribution in [1.82, 2.24) is 5.32 Å². The van der Waals surface area contributed by atoms with E-state index in [0.29, 0.717) is 36.2 Å². The number of halogens is 2. The highest BCUT2D eigenvalue weighted by atomic mass is 35.5. The maximum atomic E-state index is 6.38. The third-order valence-electron chi connectivity index (χ3n) is 3.33. The lowest BCUT2D eigenvalue weighted by molar-refractivity contribution is 0.224. The van der Waals surface area contributed by atoms with Gasteiger partial charge in [-0.3, -0.25) is 0 Å². The van der Waals surface area contributed by atoms with E-state index in [1.165, 1.54) is 0 Å². The van der Waals surface area contributed by atoms with E-state index in [1.807, 2.05) is 57.2 Å². The first kappa shape index (κ1) is 18.9. The lowest BCUT2D eigenvalue weighted by Gasteiger charge is -2.17. The molecule has 0 fully saturated rings. The normalized spacial score (nSPS) is 10.9. The van der Waals surface area contributed by atoms with Crippen molar-refractivity contribution >= 4 is 23.2 Å². The van der Waals surface area contributed by atoms with Crippen LogP contribution in [0.2, 0.25) is 10.0 Å². The Morgan fingerprint density at radius 1 is 1.04 bits per heavy atom. The molecule has 0 spiro atoms. The fourth-order valence-corrected chi connectivity index (χ4v) is 2.80. The van der Waals surface area contributed by atoms with E-state index in [-0.39, 0.29) is 6.10 Å². The van der Waals surface area contributed by atoms with Gasteiger partial charge in [0, 0.05) is 18.1 Å². The average Bonchev–Trinajstić information content (AvgIpc) is 2.52. The van der Waals surface area contributed by atoms with Crippen molar-refractivity contribution in [3.8, 4) is 11.5 Å². The molecule has 0 aromatic heterocycles. The molecule has 2 aromatic rings. The SMILES string of the molecule is CCOc1cc(CNCc2ccccc2Cl)cc(Cl)c1OC(C)C. The second-order valence-electron chi connectivity index (χ2n) is 5.70. The van der Waals surface area contributed by atoms with E-state index in [4.69, 9.17) is 32.7 Å². The molecule has 5 heteroatoms. The summed E-state index contributed by atoms with van der Waals surface area (Å²) in [7, 11) is 0. The van der Waals surface area contributed by atoms with Crippen LogP contribution in [0.3, 0.4) is 0 Å². The molecule has 0 saturated heterocycles. The van der Waals surface area contributed by atoms with Crippen LogP contribution in [0.4, 0.5) is 0 Å². The zero-order valence-corrected chi connectivity index (χ0v) is 15.7. The van der Waals surface area contributed by atoms with Gasteiger partial charge in [0.15, 0.2) is 11.5 Å². The Labute approximate surface area is 153 Å². The maximum absolute atomic E-state index is 6.38. The monoisotopic (exact) mass is 367 g/mol. The second-order valence-corrected chi connectivity index (χ2v) is 6.51. The number of nitrogens with one attached hydrogen (secondary N) is 1. The van der Waals surface area contributed by atoms with E-state index in [9.17, 15) is 0 Å². The molecule has 0 saturated carbocycles. The highest BCUT2D eigenvalue weighted by molar-refractivity contribution is 6.32. The number of rotatable bonds is 8. The molecule has 24 heavy (non-hydrogen) atoms. The Kier molecular flexibility index (Phi) is 7.22. The van der Waals surface area contributed by atoms with Crippen LogP contribution in [0.5, 0.6) is 11.5 Å². The molecule has 0 heterocycles. The second kappa shape index (κ2) is 9.16. The minimum Gasteiger partial charge on any atom is -0.490 e. The molecule has 130 valence electrons. The quantitative estimate of drug-likeness (QED) is 0.670. The summed E-state index contributed by atoms with van der Waals surface area (Å²) in [5, 5.41) is 4.70. The van der Waals surface area contributed by atoms with Gasteiger partial charge in [-0.1, -0.05) is 41.4 Å². The summed E-state index contributed by atoms with van der Waals surface area (Å²) in [4.78, 5) is 0. The van der Waals surface area contributed by atoms with Crippen LogP contribution in [0, 0.1) is 0 Å². The number of benzene rings is 2. The Hall–Kier alpha value is -1.42. The van der Waals surface area contributed by atoms with Gasteiger partial charge < -0.3 is 14.8 Å². The molecule has 2 rings (SSSR count). The van der Waals surface area contributed by atoms with Crippen molar-refractivity contribution in [1.29, 1.82) is 0 Å². The molecule has 0 aliphatic heterocycles. The van der Waals surface area contributed by atoms with Gasteiger partial charge >= 0.3 is 0 Å². The molecule has 0 unspecified atom stereocenters. The lowest BCUT2D eigenvalue weighted by atomic mass is 10.1. The van der Waals surface area contributed by atoms with E-state index in [2.05, 4.69) is 5.32 Å². The molecule has 0 amide bonds. The molecule has 3 nitrogen and oxygen atoms in total. The summed E-state index contributed by atoms with van der Waals surface area (Å²) in [5.74, 6) is 1.27. The van der Waals surface area contributed by atoms with Crippen LogP contribution in [0.25, 0.3) is 0 Å². The van der Waals surface area contributed by atoms with Crippen LogP contribution in [0.1, 0.15) is 31.9 Å². The van der Waals surface area contributed by atoms with Crippen molar-refractivity contribution in [3.63, 3.8) is 0 Å². The minimum atomic E-state index is 0.0332. The molecule has 0 aliphatic rings. The first-order valence-corrected chi connectivity index (χ1v) is 8.82. The summed E-state index contributed by atoms with van der Waals surface area (Å²) in [6, 6.07) is 11.7. The van der Waals surface area contributed by atoms with Gasteiger partial charge in [0.1, 0.15) is 0 Å². The molecule has 0 aliphatic carbocycles. The summed E-state index contributed by atoms with van der Waals surface area (Å²) >= 11 is 12.6. The van der Waals surface area contributed by atoms with Gasteiger partial charge in [-0.25, -0.2) is 0 Å². The number of hydrogen-bond donors (Lipinski definition) is 1. The highest BCUT2D eigenvalue weighted by Crippen LogP contribution is 2.37. The van der Waals surface area contributed by atoms with Crippen molar-refractivity contribution in [3.05, 3.63) is 57.6 Å². The van der Waals surface area contributed by atoms with Crippen molar-refractivity contribution < 1.29 is 9.47 Å². The largest absolute Gasteiger partial charge is 0.490 e. The predicted octanol–water partition coefficient (Wildman–Crippen LogP) is 5.47. The van der Waals surface area contributed by atoms with Crippen molar-refractivity contribution in [2.45, 2.75) is 40.0 Å². The first-order chi connectivity index (χ1) is 11.5. The van der Waals surface area contributed by atoms with Gasteiger partial charge in [-0.2, -0.15) is 0 Å². The van der Waals surface area contributed by atoms with Gasteiger partial charge in [-0.05, 0) is 50.1 Å². The van der Waals surface area contributed by atoms with Gasteiger partial charge in [0.25, 0.3) is 0 Å². The molecule has 2 aromatic carbocycles. The Morgan fingerprint density at radius 2 is 1.79 bits per heavy atom. The van der Waals surface area contributed by atoms with Crippen LogP contribution >= 0.6 is 23.2 Å². The summed E-state index contributed by atoms with van der Waals surface area (Å²) < 4.78 is 11.5. The zero-order chi connectivity index (χ0) is 17.5. The van der Waals surface area contributed by atoms with Crippen molar-refractivity contribution in [2.75, 3.05) is 6.61 Å². The van der Waals surface area contributed by atoms with Crippen LogP contribution < -0.4 is 14.8 Å². The molecular weight excluding hydrogens is 345 g/mol. The fraction of sp³-hybridized carbons (Fsp3) is 0.368. The lowest BCUT2D eigenvalue weighted by Crippen LogP contribution is -2.14. The molecule has 0 bridgehead atoms. The number of hydrogen-bond acceptors (Lipinski definition) is 3. The highest BCUT2D eigenvalue weighted by Gasteiger charge is 2.14. The standard InChI is InChI=1S/C19H23Cl2NO2/c1-4-23-18-10-14(9-17(21)19(18)24-13(2)3)11-22-12-15-7-5-6-8-16(15)20/h5-10,13,22H,4,11-12H2,1-3H3. The average molecular weight is 368 g/mol. The molecule has 0 radical (unpaired) electrons. The molecule has 0 atom stereocenters. The summed E-state index contributed by atoms with van der Waals surface area (Å²) in [5.41, 5.74) is 2.10. The zero-order valence-electron chi connectivity index (χ0n) is 14.2. The van der Waals surface area contributed by atoms with Crippen LogP contribution in [-0.2, 0) is 13.1 Å². The molecular formula is C19H23Cl2NO2. The van der Waals surface area contributed by atoms with E-state index in [0.717, 1.165) is 16.1 Å². The van der Waals surface area contributed by atoms with Crippen LogP contribution in [-0.4, -0.2) is 12.7 Å². The Bertz CT molecular complexity index is 674. The number of ether oxygens (including phenoxy) is 2. The molecule has 1 N–H and O–H groups in total. The summed E-state index contributed by atoms with van der Waals surface area (Å²) in [6.45, 7) is 7.77. The van der Waals surface area contributed by atoms with Gasteiger partial charge in [0.2, 0.25) is 0 Å². The van der Waals surface area contributed by atoms with Gasteiger partial charge in [-0.15, -0.1) is 0 Å². The van der Waals surface area contributed by atoms with E-state index >= 15 is 0 Å². The smallest absolute Gasteiger partial charge is 0.180 e. The van der Waals surface area contributed by atoms with Crippen LogP contribution in [0.15, 0.2) is 36.4 Å². The minimum absolute atomic E-state index is 0.0332.